The van der Waals surface area contributed by atoms with Crippen molar-refractivity contribution in [3.05, 3.63) is 47.7 Å². The van der Waals surface area contributed by atoms with Gasteiger partial charge in [-0.05, 0) is 55.7 Å². The monoisotopic (exact) mass is 434 g/mol. The lowest BCUT2D eigenvalue weighted by Crippen LogP contribution is -2.66. The number of aromatic nitrogens is 1. The number of hydrogen-bond acceptors (Lipinski definition) is 5. The molecule has 2 aliphatic heterocycles. The number of nitrogen functional groups attached to an aromatic ring is 1. The Hall–Kier alpha value is -2.44. The smallest absolute Gasteiger partial charge is 0.255 e. The van der Waals surface area contributed by atoms with Gasteiger partial charge in [0, 0.05) is 42.3 Å². The van der Waals surface area contributed by atoms with Gasteiger partial charge in [-0.3, -0.25) is 9.69 Å². The van der Waals surface area contributed by atoms with Crippen molar-refractivity contribution in [2.24, 2.45) is 11.3 Å². The van der Waals surface area contributed by atoms with Crippen molar-refractivity contribution in [2.45, 2.75) is 51.6 Å². The molecule has 2 saturated heterocycles. The molecule has 3 heterocycles. The second-order valence-corrected chi connectivity index (χ2v) is 10.3. The average Bonchev–Trinajstić information content (AvgIpc) is 2.74. The fourth-order valence-electron chi connectivity index (χ4n) is 5.31. The number of nitrogens with zero attached hydrogens (tertiary/aromatic N) is 2. The van der Waals surface area contributed by atoms with Crippen LogP contribution < -0.4 is 11.1 Å². The minimum atomic E-state index is -0.117. The largest absolute Gasteiger partial charge is 0.383 e. The van der Waals surface area contributed by atoms with Crippen LogP contribution in [0, 0.1) is 11.3 Å². The van der Waals surface area contributed by atoms with Gasteiger partial charge in [-0.2, -0.15) is 0 Å². The van der Waals surface area contributed by atoms with Crippen LogP contribution in [0.5, 0.6) is 0 Å². The fraction of sp³-hybridized carbons (Fsp3) is 0.538. The topological polar surface area (TPSA) is 80.5 Å². The van der Waals surface area contributed by atoms with Crippen LogP contribution in [-0.4, -0.2) is 48.1 Å². The van der Waals surface area contributed by atoms with Gasteiger partial charge in [0.05, 0.1) is 18.8 Å². The number of anilines is 1. The zero-order valence-electron chi connectivity index (χ0n) is 19.1. The van der Waals surface area contributed by atoms with Gasteiger partial charge >= 0.3 is 0 Å². The van der Waals surface area contributed by atoms with Gasteiger partial charge in [-0.15, -0.1) is 0 Å². The second-order valence-electron chi connectivity index (χ2n) is 10.3. The summed E-state index contributed by atoms with van der Waals surface area (Å²) in [6.07, 6.45) is 6.14. The van der Waals surface area contributed by atoms with Crippen LogP contribution in [0.1, 0.15) is 61.5 Å². The van der Waals surface area contributed by atoms with E-state index in [1.807, 2.05) is 6.07 Å². The average molecular weight is 435 g/mol. The van der Waals surface area contributed by atoms with E-state index in [1.54, 1.807) is 6.20 Å². The highest BCUT2D eigenvalue weighted by Crippen LogP contribution is 2.42. The lowest BCUT2D eigenvalue weighted by molar-refractivity contribution is -0.197. The third-order valence-corrected chi connectivity index (χ3v) is 7.68. The van der Waals surface area contributed by atoms with E-state index in [0.717, 1.165) is 69.0 Å². The van der Waals surface area contributed by atoms with E-state index < -0.39 is 0 Å². The third kappa shape index (κ3) is 4.14. The molecule has 3 fully saturated rings. The summed E-state index contributed by atoms with van der Waals surface area (Å²) in [5, 5.41) is 3.17. The SMILES string of the molecule is CC1CCC(NC(=O)c2cc(-c3ccc([C@@H](C)N4CC5(COC5)C4)cc3)cnc2N)CC1. The molecule has 2 aromatic rings. The van der Waals surface area contributed by atoms with E-state index in [9.17, 15) is 4.79 Å². The first-order valence-electron chi connectivity index (χ1n) is 11.9. The molecule has 1 atom stereocenters. The minimum absolute atomic E-state index is 0.117. The molecule has 5 rings (SSSR count). The predicted octanol–water partition coefficient (Wildman–Crippen LogP) is 4.03. The van der Waals surface area contributed by atoms with Crippen molar-refractivity contribution >= 4 is 11.7 Å². The Balaban J connectivity index is 1.26. The Morgan fingerprint density at radius 3 is 2.47 bits per heavy atom. The van der Waals surface area contributed by atoms with Gasteiger partial charge in [-0.1, -0.05) is 31.2 Å². The Morgan fingerprint density at radius 2 is 1.84 bits per heavy atom. The molecular formula is C26H34N4O2. The van der Waals surface area contributed by atoms with Crippen LogP contribution in [0.3, 0.4) is 0 Å². The Bertz CT molecular complexity index is 970. The van der Waals surface area contributed by atoms with Gasteiger partial charge in [-0.25, -0.2) is 4.98 Å². The molecule has 1 aromatic carbocycles. The molecule has 3 aliphatic rings. The van der Waals surface area contributed by atoms with Crippen LogP contribution in [0.15, 0.2) is 36.5 Å². The lowest BCUT2D eigenvalue weighted by atomic mass is 9.76. The highest BCUT2D eigenvalue weighted by Gasteiger charge is 2.50. The van der Waals surface area contributed by atoms with Crippen molar-refractivity contribution in [2.75, 3.05) is 32.0 Å². The molecule has 0 radical (unpaired) electrons. The van der Waals surface area contributed by atoms with Crippen molar-refractivity contribution in [1.82, 2.24) is 15.2 Å². The minimum Gasteiger partial charge on any atom is -0.383 e. The number of carbonyl (C=O) groups excluding carboxylic acids is 1. The normalized spacial score (nSPS) is 25.6. The van der Waals surface area contributed by atoms with E-state index >= 15 is 0 Å². The van der Waals surface area contributed by atoms with Crippen LogP contribution >= 0.6 is 0 Å². The summed E-state index contributed by atoms with van der Waals surface area (Å²) in [5.74, 6) is 0.916. The molecule has 1 aliphatic carbocycles. The van der Waals surface area contributed by atoms with Gasteiger partial charge in [0.2, 0.25) is 0 Å². The van der Waals surface area contributed by atoms with E-state index in [0.29, 0.717) is 17.0 Å². The van der Waals surface area contributed by atoms with Crippen molar-refractivity contribution in [3.8, 4) is 11.1 Å². The fourth-order valence-corrected chi connectivity index (χ4v) is 5.31. The molecule has 0 unspecified atom stereocenters. The van der Waals surface area contributed by atoms with E-state index in [1.165, 1.54) is 5.56 Å². The van der Waals surface area contributed by atoms with Crippen LogP contribution in [0.25, 0.3) is 11.1 Å². The number of hydrogen-bond donors (Lipinski definition) is 2. The van der Waals surface area contributed by atoms with Gasteiger partial charge in [0.15, 0.2) is 0 Å². The third-order valence-electron chi connectivity index (χ3n) is 7.68. The Kier molecular flexibility index (Phi) is 5.68. The maximum atomic E-state index is 12.9. The van der Waals surface area contributed by atoms with E-state index in [2.05, 4.69) is 53.3 Å². The Labute approximate surface area is 190 Å². The van der Waals surface area contributed by atoms with Gasteiger partial charge in [0.1, 0.15) is 5.82 Å². The quantitative estimate of drug-likeness (QED) is 0.743. The van der Waals surface area contributed by atoms with Crippen LogP contribution in [0.2, 0.25) is 0 Å². The lowest BCUT2D eigenvalue weighted by Gasteiger charge is -2.57. The highest BCUT2D eigenvalue weighted by molar-refractivity contribution is 5.99. The second kappa shape index (κ2) is 8.49. The first-order valence-corrected chi connectivity index (χ1v) is 11.9. The number of rotatable bonds is 5. The molecule has 6 nitrogen and oxygen atoms in total. The summed E-state index contributed by atoms with van der Waals surface area (Å²) in [5.41, 5.74) is 10.2. The maximum absolute atomic E-state index is 12.9. The molecule has 1 saturated carbocycles. The number of benzene rings is 1. The maximum Gasteiger partial charge on any atom is 0.255 e. The predicted molar refractivity (Wildman–Crippen MR) is 126 cm³/mol. The standard InChI is InChI=1S/C26H34N4O2/c1-17-3-9-22(10-4-17)29-25(31)23-11-21(12-28-24(23)27)20-7-5-19(6-8-20)18(2)30-13-26(14-30)15-32-16-26/h5-8,11-12,17-18,22H,3-4,9-10,13-16H2,1-2H3,(H2,27,28)(H,29,31)/t17?,18-,22?/m1/s1. The molecule has 32 heavy (non-hydrogen) atoms. The molecule has 0 bridgehead atoms. The molecule has 1 spiro atoms. The number of nitrogens with one attached hydrogen (secondary N) is 1. The number of likely N-dealkylation sites (tertiary alicyclic amines) is 1. The molecular weight excluding hydrogens is 400 g/mol. The zero-order valence-corrected chi connectivity index (χ0v) is 19.1. The number of carbonyl (C=O) groups is 1. The number of amides is 1. The first kappa shape index (κ1) is 21.4. The number of nitrogens with two attached hydrogens (primary N) is 1. The summed E-state index contributed by atoms with van der Waals surface area (Å²) in [6.45, 7) is 8.61. The summed E-state index contributed by atoms with van der Waals surface area (Å²) < 4.78 is 5.39. The molecule has 6 heteroatoms. The van der Waals surface area contributed by atoms with Crippen molar-refractivity contribution < 1.29 is 9.53 Å². The molecule has 1 aromatic heterocycles. The van der Waals surface area contributed by atoms with Gasteiger partial charge < -0.3 is 15.8 Å². The van der Waals surface area contributed by atoms with Crippen molar-refractivity contribution in [1.29, 1.82) is 0 Å². The van der Waals surface area contributed by atoms with Gasteiger partial charge in [0.25, 0.3) is 5.91 Å². The molecule has 1 amide bonds. The molecule has 170 valence electrons. The molecule has 3 N–H and O–H groups in total. The first-order chi connectivity index (χ1) is 15.4. The summed E-state index contributed by atoms with van der Waals surface area (Å²) in [6, 6.07) is 11.1. The van der Waals surface area contributed by atoms with Crippen LogP contribution in [-0.2, 0) is 4.74 Å². The number of ether oxygens (including phenoxy) is 1. The Morgan fingerprint density at radius 1 is 1.16 bits per heavy atom. The summed E-state index contributed by atoms with van der Waals surface area (Å²) >= 11 is 0. The van der Waals surface area contributed by atoms with Crippen LogP contribution in [0.4, 0.5) is 5.82 Å². The summed E-state index contributed by atoms with van der Waals surface area (Å²) in [7, 11) is 0. The van der Waals surface area contributed by atoms with Crippen molar-refractivity contribution in [3.63, 3.8) is 0 Å². The number of pyridine rings is 1. The van der Waals surface area contributed by atoms with E-state index in [-0.39, 0.29) is 17.8 Å². The highest BCUT2D eigenvalue weighted by atomic mass is 16.5. The van der Waals surface area contributed by atoms with E-state index in [4.69, 9.17) is 10.5 Å². The summed E-state index contributed by atoms with van der Waals surface area (Å²) in [4.78, 5) is 19.7. The zero-order chi connectivity index (χ0) is 22.3.